The Labute approximate surface area is 73.0 Å². The molecule has 0 spiro atoms. The highest BCUT2D eigenvalue weighted by molar-refractivity contribution is 5.87. The first kappa shape index (κ1) is 11.2. The topological polar surface area (TPSA) is 46.5 Å². The Kier molecular flexibility index (Phi) is 4.59. The number of aliphatic hydroxyl groups is 1. The Morgan fingerprint density at radius 3 is 2.25 bits per heavy atom. The zero-order chi connectivity index (χ0) is 9.72. The molecule has 3 heteroatoms. The van der Waals surface area contributed by atoms with Crippen LogP contribution in [0.2, 0.25) is 0 Å². The van der Waals surface area contributed by atoms with Gasteiger partial charge in [-0.25, -0.2) is 4.79 Å². The van der Waals surface area contributed by atoms with E-state index < -0.39 is 6.10 Å². The molecule has 0 aliphatic rings. The van der Waals surface area contributed by atoms with Crippen molar-refractivity contribution in [3.8, 4) is 0 Å². The number of esters is 1. The largest absolute Gasteiger partial charge is 0.460 e. The molecule has 0 fully saturated rings. The number of aliphatic hydroxyl groups excluding tert-OH is 1. The van der Waals surface area contributed by atoms with E-state index in [9.17, 15) is 4.79 Å². The second kappa shape index (κ2) is 4.93. The zero-order valence-electron chi connectivity index (χ0n) is 8.00. The van der Waals surface area contributed by atoms with Crippen LogP contribution < -0.4 is 0 Å². The molecular formula is C9H16O3. The molecule has 1 unspecified atom stereocenters. The van der Waals surface area contributed by atoms with Crippen LogP contribution in [-0.2, 0) is 9.53 Å². The van der Waals surface area contributed by atoms with Gasteiger partial charge in [0.05, 0.1) is 12.2 Å². The smallest absolute Gasteiger partial charge is 0.333 e. The first-order valence-corrected chi connectivity index (χ1v) is 4.01. The Bertz CT molecular complexity index is 180. The van der Waals surface area contributed by atoms with Gasteiger partial charge in [0.2, 0.25) is 0 Å². The molecule has 0 heterocycles. The van der Waals surface area contributed by atoms with Crippen LogP contribution in [0.4, 0.5) is 0 Å². The second-order valence-electron chi connectivity index (χ2n) is 3.04. The summed E-state index contributed by atoms with van der Waals surface area (Å²) in [7, 11) is 0. The standard InChI is InChI=1S/C9H16O3/c1-6(2)12-9(11)7(3)5-8(4)10/h5-6,8,10H,1-4H3. The lowest BCUT2D eigenvalue weighted by Gasteiger charge is -2.08. The van der Waals surface area contributed by atoms with Crippen molar-refractivity contribution in [2.75, 3.05) is 0 Å². The Hall–Kier alpha value is -0.830. The molecule has 0 amide bonds. The number of hydrogen-bond acceptors (Lipinski definition) is 3. The Morgan fingerprint density at radius 1 is 1.42 bits per heavy atom. The molecule has 0 saturated carbocycles. The summed E-state index contributed by atoms with van der Waals surface area (Å²) in [6, 6.07) is 0. The van der Waals surface area contributed by atoms with Gasteiger partial charge in [-0.3, -0.25) is 0 Å². The van der Waals surface area contributed by atoms with Crippen molar-refractivity contribution >= 4 is 5.97 Å². The predicted molar refractivity (Wildman–Crippen MR) is 46.7 cm³/mol. The van der Waals surface area contributed by atoms with Crippen molar-refractivity contribution in [1.29, 1.82) is 0 Å². The van der Waals surface area contributed by atoms with E-state index in [0.29, 0.717) is 5.57 Å². The maximum absolute atomic E-state index is 11.1. The monoisotopic (exact) mass is 172 g/mol. The van der Waals surface area contributed by atoms with E-state index in [0.717, 1.165) is 0 Å². The van der Waals surface area contributed by atoms with Gasteiger partial charge in [-0.2, -0.15) is 0 Å². The van der Waals surface area contributed by atoms with E-state index in [1.165, 1.54) is 6.08 Å². The normalized spacial score (nSPS) is 14.7. The van der Waals surface area contributed by atoms with Crippen LogP contribution in [0.5, 0.6) is 0 Å². The van der Waals surface area contributed by atoms with Gasteiger partial charge in [-0.1, -0.05) is 0 Å². The summed E-state index contributed by atoms with van der Waals surface area (Å²) in [5.41, 5.74) is 0.443. The molecule has 1 atom stereocenters. The molecule has 0 saturated heterocycles. The minimum Gasteiger partial charge on any atom is -0.460 e. The summed E-state index contributed by atoms with van der Waals surface area (Å²) in [4.78, 5) is 11.1. The summed E-state index contributed by atoms with van der Waals surface area (Å²) in [5, 5.41) is 8.92. The molecule has 0 bridgehead atoms. The van der Waals surface area contributed by atoms with E-state index in [1.54, 1.807) is 27.7 Å². The quantitative estimate of drug-likeness (QED) is 0.515. The molecule has 12 heavy (non-hydrogen) atoms. The third-order valence-corrected chi connectivity index (χ3v) is 1.16. The lowest BCUT2D eigenvalue weighted by Crippen LogP contribution is -2.13. The SMILES string of the molecule is CC(=CC(C)O)C(=O)OC(C)C. The summed E-state index contributed by atoms with van der Waals surface area (Å²) in [6.45, 7) is 6.78. The van der Waals surface area contributed by atoms with Gasteiger partial charge in [0, 0.05) is 5.57 Å². The van der Waals surface area contributed by atoms with Crippen LogP contribution in [0.15, 0.2) is 11.6 Å². The Morgan fingerprint density at radius 2 is 1.92 bits per heavy atom. The Balaban J connectivity index is 4.10. The van der Waals surface area contributed by atoms with E-state index in [1.807, 2.05) is 0 Å². The fourth-order valence-electron chi connectivity index (χ4n) is 0.737. The van der Waals surface area contributed by atoms with Gasteiger partial charge in [-0.15, -0.1) is 0 Å². The van der Waals surface area contributed by atoms with Crippen LogP contribution in [0.3, 0.4) is 0 Å². The summed E-state index contributed by atoms with van der Waals surface area (Å²) < 4.78 is 4.89. The first-order valence-electron chi connectivity index (χ1n) is 4.01. The summed E-state index contributed by atoms with van der Waals surface area (Å²) in [5.74, 6) is -0.370. The van der Waals surface area contributed by atoms with E-state index in [4.69, 9.17) is 9.84 Å². The van der Waals surface area contributed by atoms with Gasteiger partial charge in [0.1, 0.15) is 0 Å². The van der Waals surface area contributed by atoms with Crippen molar-refractivity contribution in [1.82, 2.24) is 0 Å². The van der Waals surface area contributed by atoms with Crippen LogP contribution >= 0.6 is 0 Å². The lowest BCUT2D eigenvalue weighted by atomic mass is 10.2. The van der Waals surface area contributed by atoms with E-state index >= 15 is 0 Å². The molecule has 0 radical (unpaired) electrons. The number of hydrogen-bond donors (Lipinski definition) is 1. The molecule has 70 valence electrons. The van der Waals surface area contributed by atoms with Crippen LogP contribution in [-0.4, -0.2) is 23.3 Å². The number of ether oxygens (including phenoxy) is 1. The summed E-state index contributed by atoms with van der Waals surface area (Å²) >= 11 is 0. The molecular weight excluding hydrogens is 156 g/mol. The highest BCUT2D eigenvalue weighted by Crippen LogP contribution is 2.01. The fourth-order valence-corrected chi connectivity index (χ4v) is 0.737. The maximum Gasteiger partial charge on any atom is 0.333 e. The van der Waals surface area contributed by atoms with Crippen molar-refractivity contribution in [2.45, 2.75) is 39.9 Å². The molecule has 0 aliphatic heterocycles. The zero-order valence-corrected chi connectivity index (χ0v) is 8.00. The van der Waals surface area contributed by atoms with E-state index in [-0.39, 0.29) is 12.1 Å². The van der Waals surface area contributed by atoms with Gasteiger partial charge in [-0.05, 0) is 33.8 Å². The minimum atomic E-state index is -0.607. The van der Waals surface area contributed by atoms with Crippen molar-refractivity contribution in [3.05, 3.63) is 11.6 Å². The average molecular weight is 172 g/mol. The van der Waals surface area contributed by atoms with Gasteiger partial charge < -0.3 is 9.84 Å². The molecule has 0 aliphatic carbocycles. The predicted octanol–water partition coefficient (Wildman–Crippen LogP) is 1.27. The average Bonchev–Trinajstić information content (AvgIpc) is 1.84. The molecule has 0 aromatic rings. The minimum absolute atomic E-state index is 0.116. The van der Waals surface area contributed by atoms with Crippen molar-refractivity contribution in [2.24, 2.45) is 0 Å². The van der Waals surface area contributed by atoms with Crippen LogP contribution in [0, 0.1) is 0 Å². The van der Waals surface area contributed by atoms with Gasteiger partial charge in [0.15, 0.2) is 0 Å². The molecule has 1 N–H and O–H groups in total. The molecule has 0 rings (SSSR count). The fraction of sp³-hybridized carbons (Fsp3) is 0.667. The molecule has 0 aromatic heterocycles. The maximum atomic E-state index is 11.1. The molecule has 3 nitrogen and oxygen atoms in total. The molecule has 0 aromatic carbocycles. The van der Waals surface area contributed by atoms with Crippen LogP contribution in [0.25, 0.3) is 0 Å². The van der Waals surface area contributed by atoms with E-state index in [2.05, 4.69) is 0 Å². The summed E-state index contributed by atoms with van der Waals surface area (Å²) in [6.07, 6.45) is 0.740. The van der Waals surface area contributed by atoms with Crippen molar-refractivity contribution in [3.63, 3.8) is 0 Å². The lowest BCUT2D eigenvalue weighted by molar-refractivity contribution is -0.142. The number of rotatable bonds is 3. The van der Waals surface area contributed by atoms with Crippen LogP contribution in [0.1, 0.15) is 27.7 Å². The highest BCUT2D eigenvalue weighted by atomic mass is 16.5. The third-order valence-electron chi connectivity index (χ3n) is 1.16. The number of carbonyl (C=O) groups excluding carboxylic acids is 1. The highest BCUT2D eigenvalue weighted by Gasteiger charge is 2.07. The van der Waals surface area contributed by atoms with Gasteiger partial charge >= 0.3 is 5.97 Å². The second-order valence-corrected chi connectivity index (χ2v) is 3.04. The third kappa shape index (κ3) is 4.91. The first-order chi connectivity index (χ1) is 5.43. The van der Waals surface area contributed by atoms with Gasteiger partial charge in [0.25, 0.3) is 0 Å². The number of carbonyl (C=O) groups is 1. The van der Waals surface area contributed by atoms with Crippen molar-refractivity contribution < 1.29 is 14.6 Å².